The highest BCUT2D eigenvalue weighted by Crippen LogP contribution is 2.62. The van der Waals surface area contributed by atoms with E-state index in [0.29, 0.717) is 5.41 Å². The van der Waals surface area contributed by atoms with Gasteiger partial charge in [0, 0.05) is 24.8 Å². The van der Waals surface area contributed by atoms with Gasteiger partial charge in [-0.05, 0) is 29.1 Å². The average Bonchev–Trinajstić information content (AvgIpc) is 2.71. The molecular formula is C15H28N2. The summed E-state index contributed by atoms with van der Waals surface area (Å²) in [5, 5.41) is 0. The molecule has 98 valence electrons. The fourth-order valence-corrected chi connectivity index (χ4v) is 3.23. The number of piperidine rings is 1. The second-order valence-electron chi connectivity index (χ2n) is 7.25. The molecule has 0 aromatic rings. The van der Waals surface area contributed by atoms with E-state index < -0.39 is 0 Å². The Labute approximate surface area is 106 Å². The van der Waals surface area contributed by atoms with Crippen molar-refractivity contribution in [3.8, 4) is 0 Å². The van der Waals surface area contributed by atoms with Gasteiger partial charge >= 0.3 is 0 Å². The summed E-state index contributed by atoms with van der Waals surface area (Å²) in [6.45, 7) is 18.1. The number of hydrogen-bond donors (Lipinski definition) is 1. The molecule has 2 aliphatic rings. The standard InChI is InChI=1S/C15H28N2/c1-7-14(3,4)13(16)10(2)17-8-11-12(9-17)15(11,5)6/h11-13H,2,7-9,16H2,1,3-6H3. The highest BCUT2D eigenvalue weighted by atomic mass is 15.2. The molecule has 0 aromatic carbocycles. The van der Waals surface area contributed by atoms with E-state index in [1.54, 1.807) is 0 Å². The normalized spacial score (nSPS) is 32.2. The summed E-state index contributed by atoms with van der Waals surface area (Å²) in [6, 6.07) is 0.0908. The third-order valence-corrected chi connectivity index (χ3v) is 5.64. The molecule has 1 aliphatic carbocycles. The summed E-state index contributed by atoms with van der Waals surface area (Å²) >= 11 is 0. The van der Waals surface area contributed by atoms with Crippen LogP contribution in [0.3, 0.4) is 0 Å². The van der Waals surface area contributed by atoms with Gasteiger partial charge in [-0.1, -0.05) is 41.2 Å². The molecule has 0 radical (unpaired) electrons. The fraction of sp³-hybridized carbons (Fsp3) is 0.867. The molecule has 2 N–H and O–H groups in total. The third-order valence-electron chi connectivity index (χ3n) is 5.64. The molecule has 2 rings (SSSR count). The Morgan fingerprint density at radius 3 is 2.29 bits per heavy atom. The molecule has 0 aromatic heterocycles. The summed E-state index contributed by atoms with van der Waals surface area (Å²) in [5.74, 6) is 1.74. The van der Waals surface area contributed by atoms with Gasteiger partial charge in [0.05, 0.1) is 0 Å². The first-order valence-electron chi connectivity index (χ1n) is 6.91. The number of fused-ring (bicyclic) bond motifs is 1. The molecular weight excluding hydrogens is 208 g/mol. The van der Waals surface area contributed by atoms with E-state index >= 15 is 0 Å². The maximum atomic E-state index is 6.37. The van der Waals surface area contributed by atoms with Gasteiger partial charge in [0.2, 0.25) is 0 Å². The van der Waals surface area contributed by atoms with Crippen molar-refractivity contribution in [2.75, 3.05) is 13.1 Å². The Morgan fingerprint density at radius 2 is 1.88 bits per heavy atom. The molecule has 1 heterocycles. The van der Waals surface area contributed by atoms with E-state index in [4.69, 9.17) is 5.73 Å². The maximum Gasteiger partial charge on any atom is 0.0492 e. The molecule has 1 aliphatic heterocycles. The Kier molecular flexibility index (Phi) is 2.85. The lowest BCUT2D eigenvalue weighted by Gasteiger charge is -2.37. The first-order chi connectivity index (χ1) is 7.71. The van der Waals surface area contributed by atoms with Crippen LogP contribution in [-0.2, 0) is 0 Å². The Morgan fingerprint density at radius 1 is 1.41 bits per heavy atom. The zero-order valence-corrected chi connectivity index (χ0v) is 12.1. The van der Waals surface area contributed by atoms with E-state index in [2.05, 4.69) is 46.1 Å². The SMILES string of the molecule is C=C(C(N)C(C)(C)CC)N1CC2C(C1)C2(C)C. The van der Waals surface area contributed by atoms with Gasteiger partial charge in [-0.2, -0.15) is 0 Å². The van der Waals surface area contributed by atoms with Gasteiger partial charge in [0.15, 0.2) is 0 Å². The summed E-state index contributed by atoms with van der Waals surface area (Å²) < 4.78 is 0. The summed E-state index contributed by atoms with van der Waals surface area (Å²) in [5.41, 5.74) is 8.25. The molecule has 0 spiro atoms. The van der Waals surface area contributed by atoms with Gasteiger partial charge in [0.25, 0.3) is 0 Å². The topological polar surface area (TPSA) is 29.3 Å². The van der Waals surface area contributed by atoms with Gasteiger partial charge < -0.3 is 10.6 Å². The van der Waals surface area contributed by atoms with Crippen LogP contribution in [0.2, 0.25) is 0 Å². The van der Waals surface area contributed by atoms with E-state index in [1.165, 1.54) is 13.1 Å². The lowest BCUT2D eigenvalue weighted by Crippen LogP contribution is -2.44. The zero-order valence-electron chi connectivity index (χ0n) is 12.1. The molecule has 2 heteroatoms. The van der Waals surface area contributed by atoms with Gasteiger partial charge in [-0.25, -0.2) is 0 Å². The van der Waals surface area contributed by atoms with Crippen molar-refractivity contribution in [3.63, 3.8) is 0 Å². The number of rotatable bonds is 4. The lowest BCUT2D eigenvalue weighted by molar-refractivity contribution is 0.232. The summed E-state index contributed by atoms with van der Waals surface area (Å²) in [4.78, 5) is 2.43. The zero-order chi connectivity index (χ0) is 13.0. The van der Waals surface area contributed by atoms with Crippen molar-refractivity contribution in [1.82, 2.24) is 4.90 Å². The molecule has 1 saturated carbocycles. The average molecular weight is 236 g/mol. The highest BCUT2D eigenvalue weighted by Gasteiger charge is 2.62. The molecule has 0 bridgehead atoms. The van der Waals surface area contributed by atoms with Crippen LogP contribution in [0.5, 0.6) is 0 Å². The minimum Gasteiger partial charge on any atom is -0.373 e. The van der Waals surface area contributed by atoms with Crippen molar-refractivity contribution in [2.24, 2.45) is 28.4 Å². The Bertz CT molecular complexity index is 316. The predicted octanol–water partition coefficient (Wildman–Crippen LogP) is 2.85. The summed E-state index contributed by atoms with van der Waals surface area (Å²) in [6.07, 6.45) is 1.10. The fourth-order valence-electron chi connectivity index (χ4n) is 3.23. The van der Waals surface area contributed by atoms with Gasteiger partial charge in [0.1, 0.15) is 0 Å². The first kappa shape index (κ1) is 12.9. The number of nitrogens with two attached hydrogens (primary N) is 1. The van der Waals surface area contributed by atoms with Crippen LogP contribution < -0.4 is 5.73 Å². The molecule has 1 saturated heterocycles. The van der Waals surface area contributed by atoms with Gasteiger partial charge in [-0.15, -0.1) is 0 Å². The molecule has 2 fully saturated rings. The van der Waals surface area contributed by atoms with E-state index in [9.17, 15) is 0 Å². The first-order valence-corrected chi connectivity index (χ1v) is 6.91. The van der Waals surface area contributed by atoms with Crippen LogP contribution in [-0.4, -0.2) is 24.0 Å². The van der Waals surface area contributed by atoms with E-state index in [-0.39, 0.29) is 11.5 Å². The second-order valence-corrected chi connectivity index (χ2v) is 7.25. The van der Waals surface area contributed by atoms with Crippen molar-refractivity contribution >= 4 is 0 Å². The number of nitrogens with zero attached hydrogens (tertiary/aromatic N) is 1. The highest BCUT2D eigenvalue weighted by molar-refractivity contribution is 5.19. The van der Waals surface area contributed by atoms with Crippen molar-refractivity contribution < 1.29 is 0 Å². The van der Waals surface area contributed by atoms with Crippen molar-refractivity contribution in [3.05, 3.63) is 12.3 Å². The van der Waals surface area contributed by atoms with Crippen LogP contribution in [0.15, 0.2) is 12.3 Å². The Balaban J connectivity index is 1.96. The van der Waals surface area contributed by atoms with E-state index in [1.807, 2.05) is 0 Å². The summed E-state index contributed by atoms with van der Waals surface area (Å²) in [7, 11) is 0. The minimum atomic E-state index is 0.0908. The monoisotopic (exact) mass is 236 g/mol. The van der Waals surface area contributed by atoms with Crippen LogP contribution >= 0.6 is 0 Å². The smallest absolute Gasteiger partial charge is 0.0492 e. The van der Waals surface area contributed by atoms with E-state index in [0.717, 1.165) is 24.0 Å². The predicted molar refractivity (Wildman–Crippen MR) is 73.5 cm³/mol. The molecule has 3 unspecified atom stereocenters. The minimum absolute atomic E-state index is 0.0908. The number of likely N-dealkylation sites (tertiary alicyclic amines) is 1. The van der Waals surface area contributed by atoms with Crippen LogP contribution in [0.1, 0.15) is 41.0 Å². The van der Waals surface area contributed by atoms with Crippen LogP contribution in [0.25, 0.3) is 0 Å². The third kappa shape index (κ3) is 1.91. The molecule has 17 heavy (non-hydrogen) atoms. The van der Waals surface area contributed by atoms with Gasteiger partial charge in [-0.3, -0.25) is 0 Å². The Hall–Kier alpha value is -0.500. The molecule has 2 nitrogen and oxygen atoms in total. The van der Waals surface area contributed by atoms with Crippen LogP contribution in [0, 0.1) is 22.7 Å². The maximum absolute atomic E-state index is 6.37. The van der Waals surface area contributed by atoms with Crippen molar-refractivity contribution in [2.45, 2.75) is 47.1 Å². The van der Waals surface area contributed by atoms with Crippen LogP contribution in [0.4, 0.5) is 0 Å². The molecule has 0 amide bonds. The second kappa shape index (κ2) is 3.74. The lowest BCUT2D eigenvalue weighted by atomic mass is 9.80. The largest absolute Gasteiger partial charge is 0.373 e. The quantitative estimate of drug-likeness (QED) is 0.813. The van der Waals surface area contributed by atoms with Crippen molar-refractivity contribution in [1.29, 1.82) is 0 Å². The molecule has 3 atom stereocenters. The number of hydrogen-bond acceptors (Lipinski definition) is 2.